The largest absolute Gasteiger partial charge is 0.290 e. The van der Waals surface area contributed by atoms with Crippen LogP contribution in [-0.2, 0) is 4.79 Å². The monoisotopic (exact) mass is 210 g/mol. The van der Waals surface area contributed by atoms with Crippen molar-refractivity contribution in [2.45, 2.75) is 45.8 Å². The van der Waals surface area contributed by atoms with E-state index in [1.54, 1.807) is 6.08 Å². The van der Waals surface area contributed by atoms with Gasteiger partial charge in [0.25, 0.3) is 0 Å². The zero-order chi connectivity index (χ0) is 11.2. The van der Waals surface area contributed by atoms with Crippen LogP contribution in [-0.4, -0.2) is 13.9 Å². The van der Waals surface area contributed by atoms with Crippen LogP contribution in [0.3, 0.4) is 0 Å². The molecule has 0 aromatic heterocycles. The molecule has 0 amide bonds. The van der Waals surface area contributed by atoms with Gasteiger partial charge in [0.05, 0.1) is 8.07 Å². The normalized spacial score (nSPS) is 12.0. The van der Waals surface area contributed by atoms with Crippen LogP contribution in [0.15, 0.2) is 23.9 Å². The molecule has 2 heteroatoms. The molecular weight excluding hydrogens is 188 g/mol. The highest BCUT2D eigenvalue weighted by Gasteiger charge is 2.09. The first kappa shape index (κ1) is 13.4. The first-order valence-corrected chi connectivity index (χ1v) is 8.86. The molecule has 0 saturated heterocycles. The number of unbranched alkanes of at least 4 members (excludes halogenated alkanes) is 1. The van der Waals surface area contributed by atoms with E-state index in [1.807, 2.05) is 0 Å². The molecule has 0 fully saturated rings. The maximum atomic E-state index is 11.5. The number of ketones is 1. The van der Waals surface area contributed by atoms with Crippen molar-refractivity contribution < 1.29 is 4.79 Å². The highest BCUT2D eigenvalue weighted by molar-refractivity contribution is 6.81. The predicted molar refractivity (Wildman–Crippen MR) is 66.2 cm³/mol. The fourth-order valence-electron chi connectivity index (χ4n) is 0.957. The van der Waals surface area contributed by atoms with Crippen LogP contribution < -0.4 is 0 Å². The van der Waals surface area contributed by atoms with Crippen LogP contribution in [0.2, 0.25) is 19.6 Å². The van der Waals surface area contributed by atoms with Gasteiger partial charge in [-0.2, -0.15) is 0 Å². The van der Waals surface area contributed by atoms with Crippen molar-refractivity contribution >= 4 is 13.9 Å². The zero-order valence-electron chi connectivity index (χ0n) is 9.89. The topological polar surface area (TPSA) is 17.1 Å². The Balaban J connectivity index is 4.09. The molecule has 0 aromatic rings. The fourth-order valence-corrected chi connectivity index (χ4v) is 1.61. The summed E-state index contributed by atoms with van der Waals surface area (Å²) in [5.41, 5.74) is 2.83. The number of carbonyl (C=O) groups is 1. The van der Waals surface area contributed by atoms with Crippen molar-refractivity contribution in [3.63, 3.8) is 0 Å². The van der Waals surface area contributed by atoms with Crippen LogP contribution in [0.5, 0.6) is 0 Å². The van der Waals surface area contributed by atoms with Gasteiger partial charge in [-0.05, 0) is 24.5 Å². The highest BCUT2D eigenvalue weighted by atomic mass is 28.3. The summed E-state index contributed by atoms with van der Waals surface area (Å²) in [5.74, 6) is 0.112. The van der Waals surface area contributed by atoms with Crippen molar-refractivity contribution in [3.05, 3.63) is 23.9 Å². The van der Waals surface area contributed by atoms with Crippen molar-refractivity contribution in [1.82, 2.24) is 0 Å². The summed E-state index contributed by atoms with van der Waals surface area (Å²) in [6.45, 7) is 12.6. The lowest BCUT2D eigenvalue weighted by molar-refractivity contribution is -0.111. The number of hydrogen-bond acceptors (Lipinski definition) is 1. The Morgan fingerprint density at radius 2 is 1.93 bits per heavy atom. The highest BCUT2D eigenvalue weighted by Crippen LogP contribution is 2.08. The van der Waals surface area contributed by atoms with E-state index in [-0.39, 0.29) is 5.78 Å². The third-order valence-corrected chi connectivity index (χ3v) is 3.08. The molecule has 0 saturated carbocycles. The SMILES string of the molecule is C=C(CCCC)C(=O)/C=C/[Si](C)(C)C. The smallest absolute Gasteiger partial charge is 0.180 e. The quantitative estimate of drug-likeness (QED) is 0.482. The lowest BCUT2D eigenvalue weighted by Crippen LogP contribution is -2.16. The van der Waals surface area contributed by atoms with Crippen LogP contribution in [0, 0.1) is 0 Å². The molecule has 14 heavy (non-hydrogen) atoms. The van der Waals surface area contributed by atoms with Crippen molar-refractivity contribution in [1.29, 1.82) is 0 Å². The van der Waals surface area contributed by atoms with E-state index in [0.717, 1.165) is 24.8 Å². The maximum absolute atomic E-state index is 11.5. The molecule has 0 N–H and O–H groups in total. The number of allylic oxidation sites excluding steroid dienone is 2. The first-order valence-electron chi connectivity index (χ1n) is 5.28. The number of hydrogen-bond donors (Lipinski definition) is 0. The van der Waals surface area contributed by atoms with Gasteiger partial charge in [0.15, 0.2) is 5.78 Å². The maximum Gasteiger partial charge on any atom is 0.180 e. The second kappa shape index (κ2) is 5.97. The molecule has 1 nitrogen and oxygen atoms in total. The number of carbonyl (C=O) groups excluding carboxylic acids is 1. The van der Waals surface area contributed by atoms with E-state index >= 15 is 0 Å². The molecule has 0 heterocycles. The van der Waals surface area contributed by atoms with Crippen LogP contribution >= 0.6 is 0 Å². The van der Waals surface area contributed by atoms with Gasteiger partial charge in [0, 0.05) is 0 Å². The summed E-state index contributed by atoms with van der Waals surface area (Å²) >= 11 is 0. The fraction of sp³-hybridized carbons (Fsp3) is 0.583. The summed E-state index contributed by atoms with van der Waals surface area (Å²) in [7, 11) is -1.24. The van der Waals surface area contributed by atoms with Crippen molar-refractivity contribution in [2.24, 2.45) is 0 Å². The second-order valence-electron chi connectivity index (χ2n) is 4.77. The standard InChI is InChI=1S/C12H22OSi/c1-6-7-8-11(2)12(13)9-10-14(3,4)5/h9-10H,2,6-8H2,1,3-5H3/b10-9+. The van der Waals surface area contributed by atoms with Gasteiger partial charge < -0.3 is 0 Å². The Morgan fingerprint density at radius 3 is 2.36 bits per heavy atom. The third kappa shape index (κ3) is 6.84. The Bertz CT molecular complexity index is 233. The Hall–Kier alpha value is -0.633. The van der Waals surface area contributed by atoms with Crippen molar-refractivity contribution in [3.8, 4) is 0 Å². The van der Waals surface area contributed by atoms with Gasteiger partial charge >= 0.3 is 0 Å². The van der Waals surface area contributed by atoms with E-state index in [1.165, 1.54) is 0 Å². The number of rotatable bonds is 6. The molecule has 0 atom stereocenters. The zero-order valence-corrected chi connectivity index (χ0v) is 10.9. The minimum atomic E-state index is -1.24. The predicted octanol–water partition coefficient (Wildman–Crippen LogP) is 3.74. The first-order chi connectivity index (χ1) is 6.37. The van der Waals surface area contributed by atoms with E-state index in [4.69, 9.17) is 0 Å². The van der Waals surface area contributed by atoms with E-state index < -0.39 is 8.07 Å². The molecule has 80 valence electrons. The Labute approximate surface area is 88.9 Å². The van der Waals surface area contributed by atoms with Crippen LogP contribution in [0.25, 0.3) is 0 Å². The Morgan fingerprint density at radius 1 is 1.36 bits per heavy atom. The molecule has 0 spiro atoms. The van der Waals surface area contributed by atoms with Crippen LogP contribution in [0.1, 0.15) is 26.2 Å². The van der Waals surface area contributed by atoms with Gasteiger partial charge in [0.2, 0.25) is 0 Å². The molecule has 0 unspecified atom stereocenters. The third-order valence-electron chi connectivity index (χ3n) is 1.92. The summed E-state index contributed by atoms with van der Waals surface area (Å²) in [5, 5.41) is 0. The minimum Gasteiger partial charge on any atom is -0.290 e. The summed E-state index contributed by atoms with van der Waals surface area (Å²) in [4.78, 5) is 11.5. The molecule has 0 aliphatic rings. The average molecular weight is 210 g/mol. The van der Waals surface area contributed by atoms with Gasteiger partial charge in [0.1, 0.15) is 0 Å². The molecule has 0 rings (SSSR count). The summed E-state index contributed by atoms with van der Waals surface area (Å²) in [6, 6.07) is 0. The lowest BCUT2D eigenvalue weighted by atomic mass is 10.1. The molecule has 0 aromatic carbocycles. The molecule has 0 aliphatic carbocycles. The van der Waals surface area contributed by atoms with Gasteiger partial charge in [-0.1, -0.05) is 45.3 Å². The van der Waals surface area contributed by atoms with Crippen molar-refractivity contribution in [2.75, 3.05) is 0 Å². The lowest BCUT2D eigenvalue weighted by Gasteiger charge is -2.08. The van der Waals surface area contributed by atoms with E-state index in [0.29, 0.717) is 0 Å². The van der Waals surface area contributed by atoms with Gasteiger partial charge in [-0.15, -0.1) is 0 Å². The van der Waals surface area contributed by atoms with Crippen LogP contribution in [0.4, 0.5) is 0 Å². The molecule has 0 bridgehead atoms. The van der Waals surface area contributed by atoms with Gasteiger partial charge in [-0.3, -0.25) is 4.79 Å². The van der Waals surface area contributed by atoms with E-state index in [2.05, 4.69) is 38.8 Å². The second-order valence-corrected chi connectivity index (χ2v) is 9.84. The molecule has 0 radical (unpaired) electrons. The molecule has 0 aliphatic heterocycles. The summed E-state index contributed by atoms with van der Waals surface area (Å²) < 4.78 is 0. The van der Waals surface area contributed by atoms with Gasteiger partial charge in [-0.25, -0.2) is 0 Å². The average Bonchev–Trinajstić information content (AvgIpc) is 2.09. The summed E-state index contributed by atoms with van der Waals surface area (Å²) in [6.07, 6.45) is 4.73. The minimum absolute atomic E-state index is 0.112. The molecular formula is C12H22OSi. The van der Waals surface area contributed by atoms with E-state index in [9.17, 15) is 4.79 Å². The Kier molecular flexibility index (Phi) is 5.70.